The molecular formula is C32H39N5O2. The van der Waals surface area contributed by atoms with Crippen LogP contribution in [0.25, 0.3) is 0 Å². The van der Waals surface area contributed by atoms with Gasteiger partial charge >= 0.3 is 0 Å². The summed E-state index contributed by atoms with van der Waals surface area (Å²) in [5, 5.41) is 3.23. The molecule has 2 fully saturated rings. The van der Waals surface area contributed by atoms with Crippen LogP contribution in [0, 0.1) is 0 Å². The minimum Gasteiger partial charge on any atom is -0.491 e. The first-order valence-corrected chi connectivity index (χ1v) is 14.2. The number of carbonyl (C=O) groups excluding carboxylic acids is 1. The van der Waals surface area contributed by atoms with E-state index >= 15 is 0 Å². The van der Waals surface area contributed by atoms with E-state index in [0.29, 0.717) is 12.2 Å². The number of nitrogens with zero attached hydrogens (tertiary/aromatic N) is 4. The molecule has 3 heterocycles. The summed E-state index contributed by atoms with van der Waals surface area (Å²) >= 11 is 0. The number of hydrogen-bond acceptors (Lipinski definition) is 6. The van der Waals surface area contributed by atoms with Crippen molar-refractivity contribution in [1.29, 1.82) is 0 Å². The number of anilines is 2. The third-order valence-electron chi connectivity index (χ3n) is 8.29. The number of hydrogen-bond donors (Lipinski definition) is 1. The van der Waals surface area contributed by atoms with Crippen molar-refractivity contribution in [2.75, 3.05) is 75.8 Å². The second-order valence-electron chi connectivity index (χ2n) is 11.0. The van der Waals surface area contributed by atoms with Gasteiger partial charge in [-0.1, -0.05) is 36.4 Å². The fraction of sp³-hybridized carbons (Fsp3) is 0.406. The number of piperazine rings is 2. The zero-order valence-electron chi connectivity index (χ0n) is 22.9. The number of nitrogens with one attached hydrogen (secondary N) is 1. The maximum Gasteiger partial charge on any atom is 0.251 e. The summed E-state index contributed by atoms with van der Waals surface area (Å²) in [5.41, 5.74) is 5.69. The average molecular weight is 526 g/mol. The van der Waals surface area contributed by atoms with Crippen molar-refractivity contribution in [3.05, 3.63) is 89.5 Å². The monoisotopic (exact) mass is 525 g/mol. The van der Waals surface area contributed by atoms with Crippen LogP contribution in [-0.2, 0) is 13.0 Å². The summed E-state index contributed by atoms with van der Waals surface area (Å²) in [6.45, 7) is 9.70. The smallest absolute Gasteiger partial charge is 0.251 e. The van der Waals surface area contributed by atoms with Crippen molar-refractivity contribution in [3.8, 4) is 5.75 Å². The van der Waals surface area contributed by atoms with Gasteiger partial charge in [0.1, 0.15) is 12.4 Å². The maximum atomic E-state index is 13.1. The van der Waals surface area contributed by atoms with Crippen molar-refractivity contribution < 1.29 is 9.53 Å². The number of benzene rings is 3. The molecule has 7 nitrogen and oxygen atoms in total. The van der Waals surface area contributed by atoms with Gasteiger partial charge in [0.05, 0.1) is 6.04 Å². The molecule has 2 saturated heterocycles. The molecule has 0 spiro atoms. The third-order valence-corrected chi connectivity index (χ3v) is 8.29. The van der Waals surface area contributed by atoms with Crippen LogP contribution in [0.3, 0.4) is 0 Å². The van der Waals surface area contributed by atoms with E-state index in [0.717, 1.165) is 71.1 Å². The summed E-state index contributed by atoms with van der Waals surface area (Å²) in [6, 6.07) is 25.0. The first-order valence-electron chi connectivity index (χ1n) is 14.2. The maximum absolute atomic E-state index is 13.1. The van der Waals surface area contributed by atoms with Crippen LogP contribution < -0.4 is 19.9 Å². The van der Waals surface area contributed by atoms with Gasteiger partial charge in [0.25, 0.3) is 5.91 Å². The topological polar surface area (TPSA) is 51.3 Å². The molecule has 3 aromatic rings. The summed E-state index contributed by atoms with van der Waals surface area (Å²) in [7, 11) is 2.17. The Bertz CT molecular complexity index is 1250. The summed E-state index contributed by atoms with van der Waals surface area (Å²) in [4.78, 5) is 22.9. The molecule has 0 aliphatic carbocycles. The minimum atomic E-state index is -0.0454. The highest BCUT2D eigenvalue weighted by molar-refractivity contribution is 5.94. The normalized spacial score (nSPS) is 20.3. The summed E-state index contributed by atoms with van der Waals surface area (Å²) in [5.74, 6) is 0.911. The van der Waals surface area contributed by atoms with E-state index in [1.807, 2.05) is 18.2 Å². The molecule has 0 saturated carbocycles. The predicted octanol–water partition coefficient (Wildman–Crippen LogP) is 3.49. The molecule has 0 aromatic heterocycles. The predicted molar refractivity (Wildman–Crippen MR) is 157 cm³/mol. The molecule has 6 rings (SSSR count). The van der Waals surface area contributed by atoms with Gasteiger partial charge in [0.15, 0.2) is 0 Å². The standard InChI is InChI=1S/C32H39N5O2/c1-34-14-18-37(19-15-34)30-8-5-9-31-29(30)22-27(24-39-31)33-32(38)26-10-12-28(13-11-26)36-20-16-35(17-21-36)23-25-6-3-2-4-7-25/h2-13,27H,14-24H2,1H3,(H,33,38). The highest BCUT2D eigenvalue weighted by atomic mass is 16.5. The van der Waals surface area contributed by atoms with Crippen molar-refractivity contribution in [2.24, 2.45) is 0 Å². The van der Waals surface area contributed by atoms with Gasteiger partial charge in [-0.05, 0) is 49.0 Å². The Kier molecular flexibility index (Phi) is 7.70. The lowest BCUT2D eigenvalue weighted by molar-refractivity contribution is 0.0915. The number of fused-ring (bicyclic) bond motifs is 1. The van der Waals surface area contributed by atoms with E-state index in [2.05, 4.69) is 86.6 Å². The van der Waals surface area contributed by atoms with E-state index in [9.17, 15) is 4.79 Å². The first-order chi connectivity index (χ1) is 19.1. The molecule has 3 aromatic carbocycles. The molecular weight excluding hydrogens is 486 g/mol. The number of likely N-dealkylation sites (N-methyl/N-ethyl adjacent to an activating group) is 1. The zero-order chi connectivity index (χ0) is 26.6. The lowest BCUT2D eigenvalue weighted by atomic mass is 9.99. The second kappa shape index (κ2) is 11.7. The van der Waals surface area contributed by atoms with Crippen LogP contribution in [0.4, 0.5) is 11.4 Å². The molecule has 39 heavy (non-hydrogen) atoms. The van der Waals surface area contributed by atoms with Crippen molar-refractivity contribution in [1.82, 2.24) is 15.1 Å². The molecule has 1 amide bonds. The molecule has 0 bridgehead atoms. The van der Waals surface area contributed by atoms with E-state index in [1.165, 1.54) is 22.5 Å². The van der Waals surface area contributed by atoms with Crippen LogP contribution in [0.5, 0.6) is 5.75 Å². The minimum absolute atomic E-state index is 0.0386. The zero-order valence-corrected chi connectivity index (χ0v) is 22.9. The van der Waals surface area contributed by atoms with E-state index in [4.69, 9.17) is 4.74 Å². The van der Waals surface area contributed by atoms with Crippen LogP contribution >= 0.6 is 0 Å². The number of ether oxygens (including phenoxy) is 1. The Morgan fingerprint density at radius 3 is 2.28 bits per heavy atom. The van der Waals surface area contributed by atoms with Gasteiger partial charge in [-0.3, -0.25) is 9.69 Å². The van der Waals surface area contributed by atoms with Crippen LogP contribution in [0.1, 0.15) is 21.5 Å². The van der Waals surface area contributed by atoms with Crippen molar-refractivity contribution in [3.63, 3.8) is 0 Å². The van der Waals surface area contributed by atoms with E-state index in [1.54, 1.807) is 0 Å². The van der Waals surface area contributed by atoms with Crippen LogP contribution in [-0.4, -0.2) is 87.8 Å². The molecule has 1 N–H and O–H groups in total. The van der Waals surface area contributed by atoms with Crippen molar-refractivity contribution in [2.45, 2.75) is 19.0 Å². The molecule has 1 atom stereocenters. The Morgan fingerprint density at radius 1 is 0.821 bits per heavy atom. The largest absolute Gasteiger partial charge is 0.491 e. The Morgan fingerprint density at radius 2 is 1.54 bits per heavy atom. The summed E-state index contributed by atoms with van der Waals surface area (Å²) in [6.07, 6.45) is 0.787. The fourth-order valence-corrected chi connectivity index (χ4v) is 5.92. The van der Waals surface area contributed by atoms with Gasteiger partial charge < -0.3 is 24.8 Å². The quantitative estimate of drug-likeness (QED) is 0.532. The highest BCUT2D eigenvalue weighted by Crippen LogP contribution is 2.34. The van der Waals surface area contributed by atoms with E-state index in [-0.39, 0.29) is 11.9 Å². The van der Waals surface area contributed by atoms with Crippen LogP contribution in [0.2, 0.25) is 0 Å². The Labute approximate surface area is 232 Å². The number of amides is 1. The van der Waals surface area contributed by atoms with Crippen LogP contribution in [0.15, 0.2) is 72.8 Å². The highest BCUT2D eigenvalue weighted by Gasteiger charge is 2.27. The molecule has 0 radical (unpaired) electrons. The molecule has 7 heteroatoms. The van der Waals surface area contributed by atoms with E-state index < -0.39 is 0 Å². The van der Waals surface area contributed by atoms with Crippen molar-refractivity contribution >= 4 is 17.3 Å². The van der Waals surface area contributed by atoms with Gasteiger partial charge in [-0.2, -0.15) is 0 Å². The van der Waals surface area contributed by atoms with Gasteiger partial charge in [0.2, 0.25) is 0 Å². The van der Waals surface area contributed by atoms with Gasteiger partial charge in [0, 0.05) is 87.8 Å². The molecule has 1 unspecified atom stereocenters. The summed E-state index contributed by atoms with van der Waals surface area (Å²) < 4.78 is 6.11. The lowest BCUT2D eigenvalue weighted by Gasteiger charge is -2.37. The Hall–Kier alpha value is -3.55. The average Bonchev–Trinajstić information content (AvgIpc) is 2.98. The third kappa shape index (κ3) is 6.05. The Balaban J connectivity index is 1.03. The number of rotatable bonds is 6. The van der Waals surface area contributed by atoms with Gasteiger partial charge in [-0.15, -0.1) is 0 Å². The second-order valence-corrected chi connectivity index (χ2v) is 11.0. The lowest BCUT2D eigenvalue weighted by Crippen LogP contribution is -2.46. The fourth-order valence-electron chi connectivity index (χ4n) is 5.92. The molecule has 3 aliphatic rings. The molecule has 204 valence electrons. The van der Waals surface area contributed by atoms with Gasteiger partial charge in [-0.25, -0.2) is 0 Å². The number of carbonyl (C=O) groups is 1. The molecule has 3 aliphatic heterocycles. The SMILES string of the molecule is CN1CCN(c2cccc3c2CC(NC(=O)c2ccc(N4CCN(Cc5ccccc5)CC4)cc2)CO3)CC1. The first kappa shape index (κ1) is 25.7.